The molecule has 1 aromatic carbocycles. The molecule has 0 unspecified atom stereocenters. The topological polar surface area (TPSA) is 76.6 Å². The smallest absolute Gasteiger partial charge is 0.257 e. The highest BCUT2D eigenvalue weighted by Gasteiger charge is 2.34. The fourth-order valence-corrected chi connectivity index (χ4v) is 3.89. The molecule has 2 fully saturated rings. The number of ether oxygens (including phenoxy) is 2. The standard InChI is InChI=1S/C20H20BrFN4O3/c21-15-8-23-20(25-18(15)29-12-2-1-3-12)24-16-5-4-14(17-13(16)6-7-28-17)19(27)26-9-11(22)10-26/h4-5,8,11-12H,1-3,6-7,9-10H2,(H,23,24,25). The Bertz CT molecular complexity index is 963. The Morgan fingerprint density at radius 1 is 1.34 bits per heavy atom. The number of nitrogens with zero attached hydrogens (tertiary/aromatic N) is 3. The van der Waals surface area contributed by atoms with Crippen molar-refractivity contribution in [1.82, 2.24) is 14.9 Å². The minimum Gasteiger partial charge on any atom is -0.492 e. The predicted octanol–water partition coefficient (Wildman–Crippen LogP) is 3.64. The number of aromatic nitrogens is 2. The summed E-state index contributed by atoms with van der Waals surface area (Å²) in [6, 6.07) is 3.54. The number of amides is 1. The molecule has 0 atom stereocenters. The molecule has 1 aromatic heterocycles. The second-order valence-corrected chi connectivity index (χ2v) is 8.37. The average Bonchev–Trinajstić information content (AvgIpc) is 3.14. The summed E-state index contributed by atoms with van der Waals surface area (Å²) in [5, 5.41) is 3.22. The van der Waals surface area contributed by atoms with E-state index in [2.05, 4.69) is 31.2 Å². The molecule has 5 rings (SSSR count). The van der Waals surface area contributed by atoms with Gasteiger partial charge in [-0.2, -0.15) is 4.98 Å². The zero-order chi connectivity index (χ0) is 20.0. The maximum absolute atomic E-state index is 13.1. The summed E-state index contributed by atoms with van der Waals surface area (Å²) < 4.78 is 25.5. The normalized spacial score (nSPS) is 18.5. The van der Waals surface area contributed by atoms with Crippen LogP contribution in [-0.4, -0.2) is 52.7 Å². The molecule has 1 saturated carbocycles. The maximum atomic E-state index is 13.1. The van der Waals surface area contributed by atoms with Gasteiger partial charge in [0.25, 0.3) is 5.91 Å². The van der Waals surface area contributed by atoms with E-state index in [0.29, 0.717) is 40.6 Å². The van der Waals surface area contributed by atoms with Crippen LogP contribution in [0.25, 0.3) is 0 Å². The number of carbonyl (C=O) groups excluding carboxylic acids is 1. The molecule has 2 aromatic rings. The van der Waals surface area contributed by atoms with Gasteiger partial charge in [-0.1, -0.05) is 0 Å². The van der Waals surface area contributed by atoms with Crippen molar-refractivity contribution in [2.24, 2.45) is 0 Å². The molecule has 1 saturated heterocycles. The van der Waals surface area contributed by atoms with Gasteiger partial charge < -0.3 is 19.7 Å². The van der Waals surface area contributed by atoms with Crippen LogP contribution in [0.4, 0.5) is 16.0 Å². The first-order valence-electron chi connectivity index (χ1n) is 9.76. The Morgan fingerprint density at radius 2 is 2.17 bits per heavy atom. The fraction of sp³-hybridized carbons (Fsp3) is 0.450. The van der Waals surface area contributed by atoms with Crippen molar-refractivity contribution in [2.45, 2.75) is 38.0 Å². The second kappa shape index (κ2) is 7.44. The summed E-state index contributed by atoms with van der Waals surface area (Å²) in [7, 11) is 0. The predicted molar refractivity (Wildman–Crippen MR) is 108 cm³/mol. The van der Waals surface area contributed by atoms with Crippen molar-refractivity contribution >= 4 is 33.5 Å². The molecular weight excluding hydrogens is 443 g/mol. The van der Waals surface area contributed by atoms with Crippen molar-refractivity contribution in [2.75, 3.05) is 25.0 Å². The number of hydrogen-bond donors (Lipinski definition) is 1. The molecule has 2 aliphatic heterocycles. The molecular formula is C20H20BrFN4O3. The summed E-state index contributed by atoms with van der Waals surface area (Å²) in [5.74, 6) is 1.30. The number of halogens is 2. The fourth-order valence-electron chi connectivity index (χ4n) is 3.60. The van der Waals surface area contributed by atoms with Crippen molar-refractivity contribution in [1.29, 1.82) is 0 Å². The van der Waals surface area contributed by atoms with Crippen LogP contribution in [0.5, 0.6) is 11.6 Å². The summed E-state index contributed by atoms with van der Waals surface area (Å²) in [5.41, 5.74) is 2.17. The Balaban J connectivity index is 1.39. The van der Waals surface area contributed by atoms with Crippen LogP contribution in [0.1, 0.15) is 35.2 Å². The van der Waals surface area contributed by atoms with Gasteiger partial charge in [0.1, 0.15) is 18.0 Å². The lowest BCUT2D eigenvalue weighted by atomic mass is 9.96. The van der Waals surface area contributed by atoms with E-state index in [9.17, 15) is 9.18 Å². The molecule has 3 heterocycles. The third-order valence-electron chi connectivity index (χ3n) is 5.50. The van der Waals surface area contributed by atoms with Crippen LogP contribution in [0.3, 0.4) is 0 Å². The first-order chi connectivity index (χ1) is 14.1. The van der Waals surface area contributed by atoms with Crippen molar-refractivity contribution < 1.29 is 18.7 Å². The molecule has 7 nitrogen and oxygen atoms in total. The summed E-state index contributed by atoms with van der Waals surface area (Å²) in [6.45, 7) is 0.783. The number of rotatable bonds is 5. The highest BCUT2D eigenvalue weighted by Crippen LogP contribution is 2.38. The summed E-state index contributed by atoms with van der Waals surface area (Å²) in [6.07, 6.45) is 4.88. The highest BCUT2D eigenvalue weighted by atomic mass is 79.9. The SMILES string of the molecule is O=C(c1ccc(Nc2ncc(Br)c(OC3CCC3)n2)c2c1OCC2)N1CC(F)C1. The van der Waals surface area contributed by atoms with Crippen LogP contribution >= 0.6 is 15.9 Å². The van der Waals surface area contributed by atoms with E-state index in [1.807, 2.05) is 6.07 Å². The maximum Gasteiger partial charge on any atom is 0.257 e. The molecule has 1 N–H and O–H groups in total. The third-order valence-corrected chi connectivity index (χ3v) is 6.05. The summed E-state index contributed by atoms with van der Waals surface area (Å²) >= 11 is 3.44. The number of anilines is 2. The van der Waals surface area contributed by atoms with Crippen molar-refractivity contribution in [3.63, 3.8) is 0 Å². The number of carbonyl (C=O) groups is 1. The number of alkyl halides is 1. The number of nitrogens with one attached hydrogen (secondary N) is 1. The van der Waals surface area contributed by atoms with E-state index in [1.165, 1.54) is 11.3 Å². The minimum atomic E-state index is -0.931. The van der Waals surface area contributed by atoms with Crippen LogP contribution in [0, 0.1) is 0 Å². The van der Waals surface area contributed by atoms with Crippen LogP contribution in [-0.2, 0) is 6.42 Å². The van der Waals surface area contributed by atoms with Gasteiger partial charge in [0.2, 0.25) is 11.8 Å². The first kappa shape index (κ1) is 18.6. The lowest BCUT2D eigenvalue weighted by molar-refractivity contribution is 0.0397. The van der Waals surface area contributed by atoms with E-state index < -0.39 is 6.17 Å². The number of likely N-dealkylation sites (tertiary alicyclic amines) is 1. The van der Waals surface area contributed by atoms with Gasteiger partial charge in [-0.25, -0.2) is 9.37 Å². The number of hydrogen-bond acceptors (Lipinski definition) is 6. The Labute approximate surface area is 175 Å². The van der Waals surface area contributed by atoms with E-state index in [1.54, 1.807) is 12.3 Å². The number of fused-ring (bicyclic) bond motifs is 1. The lowest BCUT2D eigenvalue weighted by Gasteiger charge is -2.34. The van der Waals surface area contributed by atoms with E-state index in [-0.39, 0.29) is 25.1 Å². The average molecular weight is 463 g/mol. The van der Waals surface area contributed by atoms with E-state index >= 15 is 0 Å². The zero-order valence-electron chi connectivity index (χ0n) is 15.7. The Hall–Kier alpha value is -2.42. The first-order valence-corrected chi connectivity index (χ1v) is 10.6. The molecule has 0 spiro atoms. The third kappa shape index (κ3) is 3.52. The monoisotopic (exact) mass is 462 g/mol. The van der Waals surface area contributed by atoms with Gasteiger partial charge in [-0.15, -0.1) is 0 Å². The molecule has 29 heavy (non-hydrogen) atoms. The van der Waals surface area contributed by atoms with Crippen LogP contribution < -0.4 is 14.8 Å². The molecule has 0 bridgehead atoms. The van der Waals surface area contributed by atoms with E-state index in [0.717, 1.165) is 24.1 Å². The largest absolute Gasteiger partial charge is 0.492 e. The van der Waals surface area contributed by atoms with Gasteiger partial charge in [0.05, 0.1) is 35.9 Å². The Morgan fingerprint density at radius 3 is 2.90 bits per heavy atom. The van der Waals surface area contributed by atoms with Gasteiger partial charge in [-0.05, 0) is 47.3 Å². The van der Waals surface area contributed by atoms with Crippen LogP contribution in [0.15, 0.2) is 22.8 Å². The van der Waals surface area contributed by atoms with Crippen molar-refractivity contribution in [3.8, 4) is 11.6 Å². The molecule has 9 heteroatoms. The Kier molecular flexibility index (Phi) is 4.77. The zero-order valence-corrected chi connectivity index (χ0v) is 17.2. The summed E-state index contributed by atoms with van der Waals surface area (Å²) in [4.78, 5) is 22.9. The number of benzene rings is 1. The molecule has 0 radical (unpaired) electrons. The quantitative estimate of drug-likeness (QED) is 0.730. The van der Waals surface area contributed by atoms with Gasteiger partial charge in [0, 0.05) is 17.7 Å². The molecule has 1 amide bonds. The molecule has 152 valence electrons. The van der Waals surface area contributed by atoms with Gasteiger partial charge in [0.15, 0.2) is 0 Å². The van der Waals surface area contributed by atoms with Crippen molar-refractivity contribution in [3.05, 3.63) is 33.9 Å². The van der Waals surface area contributed by atoms with Gasteiger partial charge >= 0.3 is 0 Å². The highest BCUT2D eigenvalue weighted by molar-refractivity contribution is 9.10. The van der Waals surface area contributed by atoms with Crippen LogP contribution in [0.2, 0.25) is 0 Å². The molecule has 3 aliphatic rings. The minimum absolute atomic E-state index is 0.143. The van der Waals surface area contributed by atoms with E-state index in [4.69, 9.17) is 9.47 Å². The molecule has 1 aliphatic carbocycles. The lowest BCUT2D eigenvalue weighted by Crippen LogP contribution is -2.51. The van der Waals surface area contributed by atoms with Gasteiger partial charge in [-0.3, -0.25) is 4.79 Å². The second-order valence-electron chi connectivity index (χ2n) is 7.52.